The fourth-order valence-electron chi connectivity index (χ4n) is 2.96. The number of carbonyl (C=O) groups is 2. The Morgan fingerprint density at radius 3 is 2.27 bits per heavy atom. The van der Waals surface area contributed by atoms with Crippen molar-refractivity contribution in [2.24, 2.45) is 0 Å². The number of hydrogen-bond donors (Lipinski definition) is 1. The minimum Gasteiger partial charge on any atom is -0.446 e. The van der Waals surface area contributed by atoms with Crippen molar-refractivity contribution >= 4 is 11.8 Å². The largest absolute Gasteiger partial charge is 0.446 e. The van der Waals surface area contributed by atoms with E-state index in [4.69, 9.17) is 4.42 Å². The average molecular weight is 414 g/mol. The van der Waals surface area contributed by atoms with Gasteiger partial charge in [-0.2, -0.15) is 0 Å². The van der Waals surface area contributed by atoms with Crippen molar-refractivity contribution in [1.82, 2.24) is 15.2 Å². The number of benzene rings is 1. The fraction of sp³-hybridized carbons (Fsp3) is 0.542. The molecular weight excluding hydrogens is 378 g/mol. The van der Waals surface area contributed by atoms with Crippen molar-refractivity contribution in [3.63, 3.8) is 0 Å². The first-order chi connectivity index (χ1) is 14.1. The van der Waals surface area contributed by atoms with E-state index in [0.29, 0.717) is 11.5 Å². The second-order valence-corrected chi connectivity index (χ2v) is 8.93. The number of oxazole rings is 1. The van der Waals surface area contributed by atoms with Crippen molar-refractivity contribution in [2.45, 2.75) is 85.4 Å². The minimum atomic E-state index is -0.265. The molecule has 0 fully saturated rings. The monoisotopic (exact) mass is 413 g/mol. The molecule has 1 aromatic heterocycles. The van der Waals surface area contributed by atoms with Crippen LogP contribution in [0, 0.1) is 0 Å². The van der Waals surface area contributed by atoms with Gasteiger partial charge in [0.05, 0.1) is 6.54 Å². The van der Waals surface area contributed by atoms with Crippen molar-refractivity contribution in [3.05, 3.63) is 53.2 Å². The first kappa shape index (κ1) is 23.6. The van der Waals surface area contributed by atoms with E-state index in [2.05, 4.69) is 31.1 Å². The molecule has 6 heteroatoms. The summed E-state index contributed by atoms with van der Waals surface area (Å²) in [5.41, 5.74) is 2.07. The first-order valence-electron chi connectivity index (χ1n) is 10.7. The van der Waals surface area contributed by atoms with Crippen LogP contribution in [0.3, 0.4) is 0 Å². The van der Waals surface area contributed by atoms with E-state index in [0.717, 1.165) is 12.8 Å². The second-order valence-electron chi connectivity index (χ2n) is 8.93. The van der Waals surface area contributed by atoms with Gasteiger partial charge in [0.2, 0.25) is 5.89 Å². The van der Waals surface area contributed by atoms with Crippen molar-refractivity contribution < 1.29 is 14.0 Å². The Morgan fingerprint density at radius 2 is 1.73 bits per heavy atom. The lowest BCUT2D eigenvalue weighted by atomic mass is 9.86. The lowest BCUT2D eigenvalue weighted by Gasteiger charge is -2.28. The molecule has 0 unspecified atom stereocenters. The van der Waals surface area contributed by atoms with E-state index in [1.54, 1.807) is 4.90 Å². The molecule has 2 aromatic rings. The molecule has 2 atom stereocenters. The summed E-state index contributed by atoms with van der Waals surface area (Å²) in [6, 6.07) is 7.82. The maximum atomic E-state index is 13.2. The molecule has 0 aliphatic heterocycles. The second kappa shape index (κ2) is 9.92. The normalized spacial score (nSPS) is 13.6. The van der Waals surface area contributed by atoms with E-state index in [9.17, 15) is 9.59 Å². The summed E-state index contributed by atoms with van der Waals surface area (Å²) in [5, 5.41) is 2.87. The van der Waals surface area contributed by atoms with Gasteiger partial charge in [-0.3, -0.25) is 9.59 Å². The Labute approximate surface area is 180 Å². The van der Waals surface area contributed by atoms with Gasteiger partial charge in [-0.15, -0.1) is 0 Å². The van der Waals surface area contributed by atoms with Gasteiger partial charge in [-0.1, -0.05) is 46.8 Å². The fourth-order valence-corrected chi connectivity index (χ4v) is 2.96. The Morgan fingerprint density at radius 1 is 1.10 bits per heavy atom. The van der Waals surface area contributed by atoms with E-state index < -0.39 is 0 Å². The van der Waals surface area contributed by atoms with Gasteiger partial charge in [0, 0.05) is 17.6 Å². The highest BCUT2D eigenvalue weighted by Gasteiger charge is 2.24. The molecule has 0 aliphatic rings. The molecule has 164 valence electrons. The number of nitrogens with one attached hydrogen (secondary N) is 1. The van der Waals surface area contributed by atoms with Crippen LogP contribution in [0.25, 0.3) is 0 Å². The highest BCUT2D eigenvalue weighted by Crippen LogP contribution is 2.23. The molecule has 2 amide bonds. The van der Waals surface area contributed by atoms with Crippen LogP contribution in [-0.4, -0.2) is 33.8 Å². The molecule has 6 nitrogen and oxygen atoms in total. The van der Waals surface area contributed by atoms with Gasteiger partial charge in [0.1, 0.15) is 6.26 Å². The van der Waals surface area contributed by atoms with Crippen LogP contribution in [0.2, 0.25) is 0 Å². The van der Waals surface area contributed by atoms with Crippen LogP contribution in [0.15, 0.2) is 34.9 Å². The minimum absolute atomic E-state index is 0.00378. The van der Waals surface area contributed by atoms with Gasteiger partial charge < -0.3 is 14.6 Å². The molecule has 1 aromatic carbocycles. The molecule has 0 saturated carbocycles. The number of rotatable bonds is 8. The van der Waals surface area contributed by atoms with Crippen LogP contribution in [0.1, 0.15) is 93.6 Å². The quantitative estimate of drug-likeness (QED) is 0.665. The van der Waals surface area contributed by atoms with Crippen LogP contribution < -0.4 is 5.32 Å². The number of nitrogens with zero attached hydrogens (tertiary/aromatic N) is 2. The lowest BCUT2D eigenvalue weighted by molar-refractivity contribution is 0.0652. The van der Waals surface area contributed by atoms with E-state index >= 15 is 0 Å². The van der Waals surface area contributed by atoms with Crippen molar-refractivity contribution in [3.8, 4) is 0 Å². The zero-order chi connectivity index (χ0) is 22.5. The molecule has 30 heavy (non-hydrogen) atoms. The van der Waals surface area contributed by atoms with Crippen molar-refractivity contribution in [1.29, 1.82) is 0 Å². The van der Waals surface area contributed by atoms with Crippen LogP contribution in [0.4, 0.5) is 0 Å². The average Bonchev–Trinajstić information content (AvgIpc) is 3.19. The number of carbonyl (C=O) groups excluding carboxylic acids is 2. The highest BCUT2D eigenvalue weighted by molar-refractivity contribution is 5.94. The summed E-state index contributed by atoms with van der Waals surface area (Å²) in [6.45, 7) is 14.6. The third-order valence-corrected chi connectivity index (χ3v) is 5.46. The molecular formula is C24H35N3O3. The predicted octanol–water partition coefficient (Wildman–Crippen LogP) is 4.94. The van der Waals surface area contributed by atoms with Gasteiger partial charge in [-0.05, 0) is 49.8 Å². The molecule has 0 bridgehead atoms. The third kappa shape index (κ3) is 5.94. The highest BCUT2D eigenvalue weighted by atomic mass is 16.3. The van der Waals surface area contributed by atoms with E-state index in [1.807, 2.05) is 52.0 Å². The van der Waals surface area contributed by atoms with Gasteiger partial charge in [0.25, 0.3) is 11.8 Å². The third-order valence-electron chi connectivity index (χ3n) is 5.46. The van der Waals surface area contributed by atoms with Crippen molar-refractivity contribution in [2.75, 3.05) is 0 Å². The maximum absolute atomic E-state index is 13.2. The molecule has 1 N–H and O–H groups in total. The first-order valence-corrected chi connectivity index (χ1v) is 10.7. The summed E-state index contributed by atoms with van der Waals surface area (Å²) < 4.78 is 5.51. The smallest absolute Gasteiger partial charge is 0.273 e. The maximum Gasteiger partial charge on any atom is 0.273 e. The molecule has 0 spiro atoms. The number of aromatic nitrogens is 1. The Bertz CT molecular complexity index is 849. The summed E-state index contributed by atoms with van der Waals surface area (Å²) in [7, 11) is 0. The Hall–Kier alpha value is -2.63. The summed E-state index contributed by atoms with van der Waals surface area (Å²) in [5.74, 6) is 0.0106. The lowest BCUT2D eigenvalue weighted by Crippen LogP contribution is -2.38. The van der Waals surface area contributed by atoms with Gasteiger partial charge >= 0.3 is 0 Å². The number of amides is 2. The molecule has 0 saturated heterocycles. The Balaban J connectivity index is 2.19. The molecule has 0 radical (unpaired) electrons. The standard InChI is InChI=1S/C24H35N3O3/c1-8-16(3)25-22(28)20-15-30-21(26-20)14-27(17(4)9-2)23(29)18-10-12-19(13-11-18)24(5,6)7/h10-13,15-17H,8-9,14H2,1-7H3,(H,25,28)/t16-,17+/m1/s1. The van der Waals surface area contributed by atoms with E-state index in [1.165, 1.54) is 11.8 Å². The zero-order valence-corrected chi connectivity index (χ0v) is 19.3. The molecule has 1 heterocycles. The number of hydrogen-bond acceptors (Lipinski definition) is 4. The van der Waals surface area contributed by atoms with Crippen LogP contribution in [0.5, 0.6) is 0 Å². The molecule has 0 aliphatic carbocycles. The summed E-state index contributed by atoms with van der Waals surface area (Å²) in [6.07, 6.45) is 2.99. The topological polar surface area (TPSA) is 75.4 Å². The zero-order valence-electron chi connectivity index (χ0n) is 19.3. The summed E-state index contributed by atoms with van der Waals surface area (Å²) in [4.78, 5) is 31.5. The SMILES string of the molecule is CC[C@@H](C)NC(=O)c1coc(CN(C(=O)c2ccc(C(C)(C)C)cc2)[C@@H](C)CC)n1. The van der Waals surface area contributed by atoms with Gasteiger partial charge in [0.15, 0.2) is 5.69 Å². The Kier molecular flexibility index (Phi) is 7.82. The van der Waals surface area contributed by atoms with Gasteiger partial charge in [-0.25, -0.2) is 4.98 Å². The van der Waals surface area contributed by atoms with E-state index in [-0.39, 0.29) is 41.6 Å². The summed E-state index contributed by atoms with van der Waals surface area (Å²) >= 11 is 0. The van der Waals surface area contributed by atoms with Crippen LogP contribution >= 0.6 is 0 Å². The van der Waals surface area contributed by atoms with Crippen LogP contribution in [-0.2, 0) is 12.0 Å². The predicted molar refractivity (Wildman–Crippen MR) is 118 cm³/mol. The molecule has 2 rings (SSSR count).